The Kier molecular flexibility index (Phi) is 3.89. The standard InChI is InChI=1S/C14H22N4O2/c1-2-6-15-14(19)18-7-5-10(9-18)8-12-16-13(20-17-12)11-3-4-11/h10-11H,2-9H2,1H3,(H,15,19). The number of nitrogens with zero attached hydrogens (tertiary/aromatic N) is 3. The molecule has 1 unspecified atom stereocenters. The number of aromatic nitrogens is 2. The third-order valence-electron chi connectivity index (χ3n) is 3.98. The van der Waals surface area contributed by atoms with Gasteiger partial charge in [0.15, 0.2) is 5.82 Å². The van der Waals surface area contributed by atoms with Crippen molar-refractivity contribution < 1.29 is 9.32 Å². The Morgan fingerprint density at radius 3 is 3.05 bits per heavy atom. The molecule has 2 amide bonds. The minimum atomic E-state index is 0.0566. The molecule has 1 atom stereocenters. The predicted octanol–water partition coefficient (Wildman–Crippen LogP) is 1.93. The maximum absolute atomic E-state index is 11.9. The molecule has 1 aliphatic carbocycles. The van der Waals surface area contributed by atoms with Gasteiger partial charge in [-0.25, -0.2) is 4.79 Å². The number of amides is 2. The Labute approximate surface area is 118 Å². The summed E-state index contributed by atoms with van der Waals surface area (Å²) in [5, 5.41) is 6.98. The summed E-state index contributed by atoms with van der Waals surface area (Å²) in [6.45, 7) is 4.42. The summed E-state index contributed by atoms with van der Waals surface area (Å²) < 4.78 is 5.27. The molecule has 1 aliphatic heterocycles. The van der Waals surface area contributed by atoms with Gasteiger partial charge >= 0.3 is 6.03 Å². The van der Waals surface area contributed by atoms with Crippen molar-refractivity contribution in [3.8, 4) is 0 Å². The quantitative estimate of drug-likeness (QED) is 0.893. The Hall–Kier alpha value is -1.59. The maximum Gasteiger partial charge on any atom is 0.317 e. The second-order valence-electron chi connectivity index (χ2n) is 5.86. The molecule has 0 radical (unpaired) electrons. The zero-order chi connectivity index (χ0) is 13.9. The lowest BCUT2D eigenvalue weighted by atomic mass is 10.1. The molecule has 20 heavy (non-hydrogen) atoms. The van der Waals surface area contributed by atoms with Gasteiger partial charge in [-0.2, -0.15) is 4.98 Å². The fraction of sp³-hybridized carbons (Fsp3) is 0.786. The van der Waals surface area contributed by atoms with Crippen molar-refractivity contribution in [1.29, 1.82) is 0 Å². The molecule has 6 nitrogen and oxygen atoms in total. The predicted molar refractivity (Wildman–Crippen MR) is 73.3 cm³/mol. The second-order valence-corrected chi connectivity index (χ2v) is 5.86. The van der Waals surface area contributed by atoms with Crippen LogP contribution in [0.15, 0.2) is 4.52 Å². The van der Waals surface area contributed by atoms with Crippen molar-refractivity contribution in [2.24, 2.45) is 5.92 Å². The number of hydrogen-bond donors (Lipinski definition) is 1. The van der Waals surface area contributed by atoms with Gasteiger partial charge in [0.05, 0.1) is 0 Å². The van der Waals surface area contributed by atoms with Gasteiger partial charge in [-0.1, -0.05) is 12.1 Å². The number of urea groups is 1. The highest BCUT2D eigenvalue weighted by Crippen LogP contribution is 2.39. The van der Waals surface area contributed by atoms with Crippen LogP contribution in [0.4, 0.5) is 4.79 Å². The van der Waals surface area contributed by atoms with Crippen molar-refractivity contribution in [2.45, 2.75) is 44.9 Å². The monoisotopic (exact) mass is 278 g/mol. The van der Waals surface area contributed by atoms with Crippen molar-refractivity contribution in [1.82, 2.24) is 20.4 Å². The van der Waals surface area contributed by atoms with E-state index in [0.717, 1.165) is 50.6 Å². The summed E-state index contributed by atoms with van der Waals surface area (Å²) in [4.78, 5) is 18.2. The minimum absolute atomic E-state index is 0.0566. The van der Waals surface area contributed by atoms with Gasteiger partial charge in [0.2, 0.25) is 5.89 Å². The number of carbonyl (C=O) groups is 1. The van der Waals surface area contributed by atoms with Crippen LogP contribution in [-0.2, 0) is 6.42 Å². The van der Waals surface area contributed by atoms with Crippen LogP contribution in [0.3, 0.4) is 0 Å². The summed E-state index contributed by atoms with van der Waals surface area (Å²) in [5.74, 6) is 2.56. The average Bonchev–Trinajstić information content (AvgIpc) is 3.02. The Morgan fingerprint density at radius 1 is 1.45 bits per heavy atom. The van der Waals surface area contributed by atoms with E-state index in [9.17, 15) is 4.79 Å². The van der Waals surface area contributed by atoms with Crippen LogP contribution < -0.4 is 5.32 Å². The lowest BCUT2D eigenvalue weighted by Crippen LogP contribution is -2.38. The molecule has 2 fully saturated rings. The third-order valence-corrected chi connectivity index (χ3v) is 3.98. The normalized spacial score (nSPS) is 22.2. The van der Waals surface area contributed by atoms with Crippen LogP contribution in [0.25, 0.3) is 0 Å². The first-order valence-electron chi connectivity index (χ1n) is 7.61. The van der Waals surface area contributed by atoms with Gasteiger partial charge in [-0.05, 0) is 31.6 Å². The molecule has 0 bridgehead atoms. The van der Waals surface area contributed by atoms with E-state index in [4.69, 9.17) is 4.52 Å². The minimum Gasteiger partial charge on any atom is -0.339 e. The van der Waals surface area contributed by atoms with Crippen molar-refractivity contribution in [3.05, 3.63) is 11.7 Å². The maximum atomic E-state index is 11.9. The molecular formula is C14H22N4O2. The van der Waals surface area contributed by atoms with Crippen LogP contribution in [0.2, 0.25) is 0 Å². The molecular weight excluding hydrogens is 256 g/mol. The van der Waals surface area contributed by atoms with Crippen LogP contribution in [0.5, 0.6) is 0 Å². The molecule has 110 valence electrons. The summed E-state index contributed by atoms with van der Waals surface area (Å²) in [6.07, 6.45) is 5.16. The Balaban J connectivity index is 1.48. The van der Waals surface area contributed by atoms with E-state index in [1.54, 1.807) is 0 Å². The van der Waals surface area contributed by atoms with Gasteiger partial charge in [0.25, 0.3) is 0 Å². The van der Waals surface area contributed by atoms with E-state index >= 15 is 0 Å². The molecule has 1 saturated heterocycles. The van der Waals surface area contributed by atoms with Gasteiger partial charge in [-0.3, -0.25) is 0 Å². The molecule has 2 heterocycles. The molecule has 0 spiro atoms. The summed E-state index contributed by atoms with van der Waals surface area (Å²) in [7, 11) is 0. The van der Waals surface area contributed by atoms with E-state index in [2.05, 4.69) is 22.4 Å². The lowest BCUT2D eigenvalue weighted by molar-refractivity contribution is 0.207. The fourth-order valence-corrected chi connectivity index (χ4v) is 2.63. The molecule has 2 aliphatic rings. The van der Waals surface area contributed by atoms with Crippen LogP contribution in [0, 0.1) is 5.92 Å². The Bertz CT molecular complexity index is 469. The van der Waals surface area contributed by atoms with Gasteiger partial charge in [0.1, 0.15) is 0 Å². The number of carbonyl (C=O) groups excluding carboxylic acids is 1. The first-order chi connectivity index (χ1) is 9.76. The van der Waals surface area contributed by atoms with Crippen molar-refractivity contribution in [3.63, 3.8) is 0 Å². The SMILES string of the molecule is CCCNC(=O)N1CCC(Cc2noc(C3CC3)n2)C1. The average molecular weight is 278 g/mol. The highest BCUT2D eigenvalue weighted by molar-refractivity contribution is 5.74. The second kappa shape index (κ2) is 5.81. The molecule has 3 rings (SSSR count). The largest absolute Gasteiger partial charge is 0.339 e. The molecule has 1 aromatic rings. The number of hydrogen-bond acceptors (Lipinski definition) is 4. The van der Waals surface area contributed by atoms with Gasteiger partial charge in [0, 0.05) is 32.0 Å². The van der Waals surface area contributed by atoms with E-state index in [0.29, 0.717) is 11.8 Å². The molecule has 0 aromatic carbocycles. The van der Waals surface area contributed by atoms with Crippen LogP contribution in [0.1, 0.15) is 50.2 Å². The van der Waals surface area contributed by atoms with Crippen LogP contribution >= 0.6 is 0 Å². The van der Waals surface area contributed by atoms with E-state index in [1.807, 2.05) is 4.90 Å². The molecule has 6 heteroatoms. The van der Waals surface area contributed by atoms with Crippen LogP contribution in [-0.4, -0.2) is 40.7 Å². The van der Waals surface area contributed by atoms with Crippen molar-refractivity contribution >= 4 is 6.03 Å². The molecule has 1 saturated carbocycles. The number of rotatable bonds is 5. The zero-order valence-corrected chi connectivity index (χ0v) is 12.0. The third kappa shape index (κ3) is 3.11. The Morgan fingerprint density at radius 2 is 2.30 bits per heavy atom. The van der Waals surface area contributed by atoms with Gasteiger partial charge < -0.3 is 14.7 Å². The fourth-order valence-electron chi connectivity index (χ4n) is 2.63. The lowest BCUT2D eigenvalue weighted by Gasteiger charge is -2.16. The molecule has 1 N–H and O–H groups in total. The zero-order valence-electron chi connectivity index (χ0n) is 12.0. The number of likely N-dealkylation sites (tertiary alicyclic amines) is 1. The summed E-state index contributed by atoms with van der Waals surface area (Å²) >= 11 is 0. The summed E-state index contributed by atoms with van der Waals surface area (Å²) in [6, 6.07) is 0.0566. The smallest absolute Gasteiger partial charge is 0.317 e. The topological polar surface area (TPSA) is 71.3 Å². The van der Waals surface area contributed by atoms with Gasteiger partial charge in [-0.15, -0.1) is 0 Å². The number of nitrogens with one attached hydrogen (secondary N) is 1. The molecule has 1 aromatic heterocycles. The highest BCUT2D eigenvalue weighted by atomic mass is 16.5. The van der Waals surface area contributed by atoms with E-state index in [-0.39, 0.29) is 6.03 Å². The van der Waals surface area contributed by atoms with E-state index < -0.39 is 0 Å². The van der Waals surface area contributed by atoms with E-state index in [1.165, 1.54) is 12.8 Å². The van der Waals surface area contributed by atoms with Crippen molar-refractivity contribution in [2.75, 3.05) is 19.6 Å². The first kappa shape index (κ1) is 13.4. The first-order valence-corrected chi connectivity index (χ1v) is 7.61. The summed E-state index contributed by atoms with van der Waals surface area (Å²) in [5.41, 5.74) is 0. The highest BCUT2D eigenvalue weighted by Gasteiger charge is 2.31.